The Balaban J connectivity index is 1.85. The van der Waals surface area contributed by atoms with Crippen LogP contribution in [0.3, 0.4) is 0 Å². The number of sulfonamides is 1. The lowest BCUT2D eigenvalue weighted by atomic mass is 10.3. The number of amides is 1. The molecule has 0 saturated carbocycles. The topological polar surface area (TPSA) is 92.6 Å². The van der Waals surface area contributed by atoms with E-state index in [1.165, 1.54) is 18.2 Å². The van der Waals surface area contributed by atoms with Crippen LogP contribution in [0.2, 0.25) is 5.02 Å². The van der Waals surface area contributed by atoms with E-state index in [1.54, 1.807) is 41.8 Å². The summed E-state index contributed by atoms with van der Waals surface area (Å²) in [4.78, 5) is 18.5. The summed E-state index contributed by atoms with van der Waals surface area (Å²) in [5.41, 5.74) is 3.50. The molecule has 24 heavy (non-hydrogen) atoms. The minimum atomic E-state index is -3.99. The number of carbonyl (C=O) groups excluding carboxylic acids is 1. The number of hydrazine groups is 1. The van der Waals surface area contributed by atoms with Crippen molar-refractivity contribution in [1.82, 2.24) is 19.6 Å². The van der Waals surface area contributed by atoms with Crippen LogP contribution in [0, 0.1) is 6.92 Å². The molecule has 0 atom stereocenters. The van der Waals surface area contributed by atoms with Crippen molar-refractivity contribution in [1.29, 1.82) is 0 Å². The number of hydrogen-bond donors (Lipinski definition) is 2. The second-order valence-corrected chi connectivity index (χ2v) is 7.02. The third-order valence-electron chi connectivity index (χ3n) is 3.34. The monoisotopic (exact) mass is 364 g/mol. The first-order chi connectivity index (χ1) is 11.4. The summed E-state index contributed by atoms with van der Waals surface area (Å²) in [6, 6.07) is 11.2. The molecule has 0 aliphatic carbocycles. The largest absolute Gasteiger partial charge is 0.295 e. The Labute approximate surface area is 143 Å². The van der Waals surface area contributed by atoms with E-state index in [0.29, 0.717) is 11.3 Å². The van der Waals surface area contributed by atoms with Gasteiger partial charge in [-0.3, -0.25) is 14.6 Å². The number of fused-ring (bicyclic) bond motifs is 1. The minimum Gasteiger partial charge on any atom is -0.295 e. The van der Waals surface area contributed by atoms with E-state index >= 15 is 0 Å². The predicted octanol–water partition coefficient (Wildman–Crippen LogP) is 1.92. The third-order valence-corrected chi connectivity index (χ3v) is 5.09. The fourth-order valence-electron chi connectivity index (χ4n) is 2.28. The van der Waals surface area contributed by atoms with Gasteiger partial charge in [-0.1, -0.05) is 29.8 Å². The fraction of sp³-hybridized carbons (Fsp3) is 0.0667. The number of rotatable bonds is 4. The van der Waals surface area contributed by atoms with Gasteiger partial charge in [-0.2, -0.15) is 0 Å². The van der Waals surface area contributed by atoms with Crippen LogP contribution in [0.4, 0.5) is 0 Å². The van der Waals surface area contributed by atoms with Crippen molar-refractivity contribution in [2.45, 2.75) is 11.8 Å². The lowest BCUT2D eigenvalue weighted by molar-refractivity contribution is 0.0938. The van der Waals surface area contributed by atoms with Crippen molar-refractivity contribution in [2.75, 3.05) is 0 Å². The number of aryl methyl sites for hydroxylation is 1. The van der Waals surface area contributed by atoms with Crippen molar-refractivity contribution in [2.24, 2.45) is 0 Å². The number of hydrogen-bond acceptors (Lipinski definition) is 4. The molecular weight excluding hydrogens is 352 g/mol. The first-order valence-electron chi connectivity index (χ1n) is 6.90. The van der Waals surface area contributed by atoms with Gasteiger partial charge in [-0.25, -0.2) is 13.4 Å². The van der Waals surface area contributed by atoms with E-state index in [4.69, 9.17) is 11.6 Å². The molecule has 0 bridgehead atoms. The maximum Gasteiger partial charge on any atom is 0.285 e. The number of carbonyl (C=O) groups is 1. The highest BCUT2D eigenvalue weighted by atomic mass is 35.5. The first-order valence-corrected chi connectivity index (χ1v) is 8.76. The molecule has 2 N–H and O–H groups in total. The van der Waals surface area contributed by atoms with Crippen LogP contribution in [0.1, 0.15) is 16.2 Å². The molecule has 0 aliphatic heterocycles. The zero-order chi connectivity index (χ0) is 17.3. The standard InChI is InChI=1S/C15H13ClN4O3S/c1-10-14(20-9-5-4-8-13(20)17-10)15(21)18-19-24(22,23)12-7-3-2-6-11(12)16/h2-9,19H,1H3,(H,18,21). The molecule has 0 radical (unpaired) electrons. The Hall–Kier alpha value is -2.42. The van der Waals surface area contributed by atoms with Gasteiger partial charge in [0.25, 0.3) is 15.9 Å². The number of imidazole rings is 1. The van der Waals surface area contributed by atoms with Crippen LogP contribution in [-0.2, 0) is 10.0 Å². The second-order valence-electron chi connectivity index (χ2n) is 4.96. The molecule has 2 heterocycles. The Bertz CT molecular complexity index is 1030. The molecule has 0 spiro atoms. The SMILES string of the molecule is Cc1nc2ccccn2c1C(=O)NNS(=O)(=O)c1ccccc1Cl. The van der Waals surface area contributed by atoms with E-state index in [0.717, 1.165) is 0 Å². The molecule has 0 fully saturated rings. The quantitative estimate of drug-likeness (QED) is 0.692. The van der Waals surface area contributed by atoms with E-state index in [9.17, 15) is 13.2 Å². The van der Waals surface area contributed by atoms with Gasteiger partial charge >= 0.3 is 0 Å². The summed E-state index contributed by atoms with van der Waals surface area (Å²) < 4.78 is 26.1. The maximum atomic E-state index is 12.4. The van der Waals surface area contributed by atoms with E-state index < -0.39 is 15.9 Å². The Kier molecular flexibility index (Phi) is 4.27. The van der Waals surface area contributed by atoms with Crippen molar-refractivity contribution in [3.8, 4) is 0 Å². The van der Waals surface area contributed by atoms with Gasteiger partial charge < -0.3 is 0 Å². The predicted molar refractivity (Wildman–Crippen MR) is 89.2 cm³/mol. The molecule has 1 amide bonds. The van der Waals surface area contributed by atoms with Crippen LogP contribution >= 0.6 is 11.6 Å². The fourth-order valence-corrected chi connectivity index (χ4v) is 3.64. The molecule has 3 rings (SSSR count). The molecule has 7 nitrogen and oxygen atoms in total. The summed E-state index contributed by atoms with van der Waals surface area (Å²) in [5.74, 6) is -0.623. The molecule has 0 saturated heterocycles. The number of benzene rings is 1. The highest BCUT2D eigenvalue weighted by molar-refractivity contribution is 7.89. The zero-order valence-corrected chi connectivity index (χ0v) is 14.1. The summed E-state index contributed by atoms with van der Waals surface area (Å²) in [6.07, 6.45) is 1.67. The molecule has 9 heteroatoms. The normalized spacial score (nSPS) is 11.6. The summed E-state index contributed by atoms with van der Waals surface area (Å²) >= 11 is 5.88. The van der Waals surface area contributed by atoms with Gasteiger partial charge in [0.2, 0.25) is 0 Å². The van der Waals surface area contributed by atoms with Crippen LogP contribution in [0.25, 0.3) is 5.65 Å². The molecule has 3 aromatic rings. The summed E-state index contributed by atoms with van der Waals surface area (Å²) in [7, 11) is -3.99. The average Bonchev–Trinajstić information content (AvgIpc) is 2.89. The number of nitrogens with one attached hydrogen (secondary N) is 2. The molecule has 0 unspecified atom stereocenters. The minimum absolute atomic E-state index is 0.0604. The average molecular weight is 365 g/mol. The second kappa shape index (κ2) is 6.23. The Morgan fingerprint density at radius 2 is 1.88 bits per heavy atom. The Morgan fingerprint density at radius 1 is 1.17 bits per heavy atom. The van der Waals surface area contributed by atoms with E-state index in [1.807, 2.05) is 4.83 Å². The smallest absolute Gasteiger partial charge is 0.285 e. The number of nitrogens with zero attached hydrogens (tertiary/aromatic N) is 2. The maximum absolute atomic E-state index is 12.4. The molecule has 0 aliphatic rings. The van der Waals surface area contributed by atoms with Gasteiger partial charge in [0.1, 0.15) is 16.2 Å². The van der Waals surface area contributed by atoms with E-state index in [-0.39, 0.29) is 15.6 Å². The first kappa shape index (κ1) is 16.4. The Morgan fingerprint density at radius 3 is 2.62 bits per heavy atom. The van der Waals surface area contributed by atoms with Crippen molar-refractivity contribution in [3.63, 3.8) is 0 Å². The molecule has 124 valence electrons. The van der Waals surface area contributed by atoms with E-state index in [2.05, 4.69) is 10.4 Å². The number of halogens is 1. The van der Waals surface area contributed by atoms with Crippen molar-refractivity contribution in [3.05, 3.63) is 65.1 Å². The zero-order valence-electron chi connectivity index (χ0n) is 12.5. The lowest BCUT2D eigenvalue weighted by Gasteiger charge is -2.09. The van der Waals surface area contributed by atoms with Gasteiger partial charge in [0.05, 0.1) is 10.7 Å². The highest BCUT2D eigenvalue weighted by Gasteiger charge is 2.21. The van der Waals surface area contributed by atoms with Gasteiger partial charge in [-0.05, 0) is 31.2 Å². The van der Waals surface area contributed by atoms with Crippen molar-refractivity contribution < 1.29 is 13.2 Å². The van der Waals surface area contributed by atoms with Gasteiger partial charge in [0.15, 0.2) is 0 Å². The van der Waals surface area contributed by atoms with Crippen LogP contribution < -0.4 is 10.3 Å². The van der Waals surface area contributed by atoms with Gasteiger partial charge in [0, 0.05) is 6.20 Å². The summed E-state index contributed by atoms with van der Waals surface area (Å²) in [5, 5.41) is 0.0604. The lowest BCUT2D eigenvalue weighted by Crippen LogP contribution is -2.42. The number of pyridine rings is 1. The van der Waals surface area contributed by atoms with Crippen molar-refractivity contribution >= 4 is 33.2 Å². The summed E-state index contributed by atoms with van der Waals surface area (Å²) in [6.45, 7) is 1.67. The molecule has 2 aromatic heterocycles. The third kappa shape index (κ3) is 2.99. The molecule has 1 aromatic carbocycles. The van der Waals surface area contributed by atoms with Crippen LogP contribution in [-0.4, -0.2) is 23.7 Å². The van der Waals surface area contributed by atoms with Crippen LogP contribution in [0.15, 0.2) is 53.6 Å². The molecular formula is C15H13ClN4O3S. The number of aromatic nitrogens is 2. The highest BCUT2D eigenvalue weighted by Crippen LogP contribution is 2.19. The van der Waals surface area contributed by atoms with Gasteiger partial charge in [-0.15, -0.1) is 4.83 Å². The van der Waals surface area contributed by atoms with Crippen LogP contribution in [0.5, 0.6) is 0 Å².